The number of aromatic nitrogens is 2. The Kier molecular flexibility index (Phi) is 10.4. The van der Waals surface area contributed by atoms with Crippen molar-refractivity contribution < 1.29 is 33.0 Å². The number of benzene rings is 1. The molecule has 2 aromatic rings. The number of piperidine rings is 1. The molecule has 248 valence electrons. The molecule has 3 heterocycles. The molecule has 13 heteroatoms. The van der Waals surface area contributed by atoms with Gasteiger partial charge in [-0.2, -0.15) is 0 Å². The molecule has 1 aromatic heterocycles. The molecule has 46 heavy (non-hydrogen) atoms. The van der Waals surface area contributed by atoms with Crippen LogP contribution in [0.4, 0.5) is 15.0 Å². The number of nitrogens with one attached hydrogen (secondary N) is 1. The lowest BCUT2D eigenvalue weighted by Gasteiger charge is -2.36. The SMILES string of the molecule is CCCCOC(=O)N1CCN(C(=O)[C@@H](NC(=O)c2cc(N3C[C@@H]4C(C(=O)OCC)[C@@H]4C3)nc(-c3ccccc3F)n2)C(C)C)CC1. The van der Waals surface area contributed by atoms with E-state index in [1.54, 1.807) is 41.0 Å². The van der Waals surface area contributed by atoms with Crippen molar-refractivity contribution in [3.05, 3.63) is 41.8 Å². The number of ether oxygens (including phenoxy) is 2. The number of hydrogen-bond donors (Lipinski definition) is 1. The second kappa shape index (κ2) is 14.4. The third kappa shape index (κ3) is 7.23. The largest absolute Gasteiger partial charge is 0.466 e. The standard InChI is InChI=1S/C33H43FN6O6/c1-5-7-16-46-33(44)39-14-12-38(13-15-39)31(42)28(20(3)4)37-30(41)25-17-26(36-29(35-25)21-10-8-9-11-24(21)34)40-18-22-23(19-40)27(22)32(43)45-6-2/h8-11,17,20,22-23,27-28H,5-7,12-16,18-19H2,1-4H3,(H,37,41)/t22-,23+,27?,28-/m0/s1. The van der Waals surface area contributed by atoms with Gasteiger partial charge in [0.05, 0.1) is 24.7 Å². The molecule has 4 atom stereocenters. The molecule has 1 N–H and O–H groups in total. The highest BCUT2D eigenvalue weighted by atomic mass is 19.1. The average Bonchev–Trinajstić information content (AvgIpc) is 3.56. The number of rotatable bonds is 11. The van der Waals surface area contributed by atoms with Crippen LogP contribution in [-0.2, 0) is 19.1 Å². The number of carbonyl (C=O) groups is 4. The third-order valence-corrected chi connectivity index (χ3v) is 8.93. The summed E-state index contributed by atoms with van der Waals surface area (Å²) >= 11 is 0. The van der Waals surface area contributed by atoms with Crippen LogP contribution in [0.5, 0.6) is 0 Å². The zero-order valence-corrected chi connectivity index (χ0v) is 26.9. The summed E-state index contributed by atoms with van der Waals surface area (Å²) in [5.74, 6) is -1.18. The van der Waals surface area contributed by atoms with Gasteiger partial charge >= 0.3 is 12.1 Å². The van der Waals surface area contributed by atoms with E-state index in [2.05, 4.69) is 15.3 Å². The van der Waals surface area contributed by atoms with E-state index in [-0.39, 0.29) is 58.7 Å². The molecule has 1 aromatic carbocycles. The van der Waals surface area contributed by atoms with E-state index >= 15 is 0 Å². The quantitative estimate of drug-likeness (QED) is 0.291. The third-order valence-electron chi connectivity index (χ3n) is 8.93. The molecule has 0 spiro atoms. The minimum atomic E-state index is -0.851. The van der Waals surface area contributed by atoms with Gasteiger partial charge in [0.15, 0.2) is 5.82 Å². The van der Waals surface area contributed by atoms with E-state index in [1.807, 2.05) is 25.7 Å². The molecule has 0 bridgehead atoms. The van der Waals surface area contributed by atoms with Gasteiger partial charge in [0, 0.05) is 45.3 Å². The van der Waals surface area contributed by atoms with Gasteiger partial charge < -0.3 is 29.5 Å². The van der Waals surface area contributed by atoms with Crippen molar-refractivity contribution in [3.8, 4) is 11.4 Å². The first-order valence-electron chi connectivity index (χ1n) is 16.2. The van der Waals surface area contributed by atoms with Crippen molar-refractivity contribution in [1.29, 1.82) is 0 Å². The summed E-state index contributed by atoms with van der Waals surface area (Å²) in [6, 6.07) is 6.78. The van der Waals surface area contributed by atoms with Gasteiger partial charge in [0.25, 0.3) is 5.91 Å². The smallest absolute Gasteiger partial charge is 0.409 e. The minimum Gasteiger partial charge on any atom is -0.466 e. The Morgan fingerprint density at radius 2 is 1.65 bits per heavy atom. The second-order valence-corrected chi connectivity index (χ2v) is 12.4. The van der Waals surface area contributed by atoms with E-state index < -0.39 is 17.8 Å². The first-order valence-corrected chi connectivity index (χ1v) is 16.2. The second-order valence-electron chi connectivity index (χ2n) is 12.4. The Labute approximate surface area is 268 Å². The fourth-order valence-corrected chi connectivity index (χ4v) is 6.21. The molecule has 12 nitrogen and oxygen atoms in total. The molecule has 2 aliphatic heterocycles. The molecule has 3 fully saturated rings. The van der Waals surface area contributed by atoms with Crippen molar-refractivity contribution in [1.82, 2.24) is 25.1 Å². The van der Waals surface area contributed by atoms with Crippen LogP contribution in [0, 0.1) is 29.5 Å². The van der Waals surface area contributed by atoms with E-state index in [4.69, 9.17) is 9.47 Å². The predicted octanol–water partition coefficient (Wildman–Crippen LogP) is 3.36. The number of hydrogen-bond acceptors (Lipinski definition) is 9. The number of amides is 3. The molecule has 0 radical (unpaired) electrons. The summed E-state index contributed by atoms with van der Waals surface area (Å²) < 4.78 is 25.4. The fraction of sp³-hybridized carbons (Fsp3) is 0.576. The van der Waals surface area contributed by atoms with Gasteiger partial charge in [-0.3, -0.25) is 14.4 Å². The first-order chi connectivity index (χ1) is 22.1. The van der Waals surface area contributed by atoms with Crippen LogP contribution in [0.3, 0.4) is 0 Å². The summed E-state index contributed by atoms with van der Waals surface area (Å²) in [4.78, 5) is 66.2. The minimum absolute atomic E-state index is 0.00358. The lowest BCUT2D eigenvalue weighted by atomic mass is 10.0. The number of nitrogens with zero attached hydrogens (tertiary/aromatic N) is 5. The monoisotopic (exact) mass is 638 g/mol. The van der Waals surface area contributed by atoms with Crippen molar-refractivity contribution >= 4 is 29.7 Å². The maximum Gasteiger partial charge on any atom is 0.409 e. The Balaban J connectivity index is 1.30. The molecule has 2 saturated heterocycles. The normalized spacial score (nSPS) is 21.1. The highest BCUT2D eigenvalue weighted by molar-refractivity contribution is 5.97. The number of halogens is 1. The maximum atomic E-state index is 14.9. The lowest BCUT2D eigenvalue weighted by Crippen LogP contribution is -2.57. The van der Waals surface area contributed by atoms with Gasteiger partial charge in [0.1, 0.15) is 23.4 Å². The Morgan fingerprint density at radius 3 is 2.28 bits per heavy atom. The van der Waals surface area contributed by atoms with Crippen LogP contribution in [0.15, 0.2) is 30.3 Å². The van der Waals surface area contributed by atoms with Crippen LogP contribution in [0.25, 0.3) is 11.4 Å². The van der Waals surface area contributed by atoms with E-state index in [9.17, 15) is 23.6 Å². The number of unbranched alkanes of at least 4 members (excludes halogenated alkanes) is 1. The average molecular weight is 639 g/mol. The summed E-state index contributed by atoms with van der Waals surface area (Å²) in [6.07, 6.45) is 1.34. The van der Waals surface area contributed by atoms with E-state index in [0.717, 1.165) is 12.8 Å². The number of anilines is 1. The zero-order valence-electron chi connectivity index (χ0n) is 26.9. The van der Waals surface area contributed by atoms with Crippen molar-refractivity contribution in [3.63, 3.8) is 0 Å². The predicted molar refractivity (Wildman–Crippen MR) is 167 cm³/mol. The molecule has 3 aliphatic rings. The van der Waals surface area contributed by atoms with Gasteiger partial charge in [-0.05, 0) is 43.2 Å². The molecular formula is C33H43FN6O6. The Bertz CT molecular complexity index is 1440. The Morgan fingerprint density at radius 1 is 0.978 bits per heavy atom. The van der Waals surface area contributed by atoms with Crippen LogP contribution in [0.1, 0.15) is 51.0 Å². The van der Waals surface area contributed by atoms with Gasteiger partial charge in [-0.25, -0.2) is 19.2 Å². The van der Waals surface area contributed by atoms with Gasteiger partial charge in [-0.15, -0.1) is 0 Å². The molecule has 5 rings (SSSR count). The summed E-state index contributed by atoms with van der Waals surface area (Å²) in [5, 5.41) is 2.86. The molecule has 1 saturated carbocycles. The van der Waals surface area contributed by atoms with Gasteiger partial charge in [-0.1, -0.05) is 39.3 Å². The Hall–Kier alpha value is -4.29. The topological polar surface area (TPSA) is 134 Å². The molecule has 3 amide bonds. The summed E-state index contributed by atoms with van der Waals surface area (Å²) in [5.41, 5.74) is 0.151. The van der Waals surface area contributed by atoms with Crippen molar-refractivity contribution in [2.75, 3.05) is 57.4 Å². The number of carbonyl (C=O) groups excluding carboxylic acids is 4. The van der Waals surface area contributed by atoms with Crippen LogP contribution < -0.4 is 10.2 Å². The lowest BCUT2D eigenvalue weighted by molar-refractivity contribution is -0.145. The highest BCUT2D eigenvalue weighted by Gasteiger charge is 2.60. The fourth-order valence-electron chi connectivity index (χ4n) is 6.21. The zero-order chi connectivity index (χ0) is 33.0. The molecular weight excluding hydrogens is 595 g/mol. The summed E-state index contributed by atoms with van der Waals surface area (Å²) in [7, 11) is 0. The van der Waals surface area contributed by atoms with Crippen LogP contribution in [-0.4, -0.2) is 102 Å². The number of esters is 1. The summed E-state index contributed by atoms with van der Waals surface area (Å²) in [6.45, 7) is 10.6. The first kappa shape index (κ1) is 33.1. The van der Waals surface area contributed by atoms with Gasteiger partial charge in [0.2, 0.25) is 5.91 Å². The van der Waals surface area contributed by atoms with E-state index in [0.29, 0.717) is 58.3 Å². The van der Waals surface area contributed by atoms with Crippen LogP contribution >= 0.6 is 0 Å². The van der Waals surface area contributed by atoms with Crippen molar-refractivity contribution in [2.45, 2.75) is 46.6 Å². The highest BCUT2D eigenvalue weighted by Crippen LogP contribution is 2.53. The van der Waals surface area contributed by atoms with Crippen LogP contribution in [0.2, 0.25) is 0 Å². The number of piperazine rings is 1. The maximum absolute atomic E-state index is 14.9. The van der Waals surface area contributed by atoms with Crippen molar-refractivity contribution in [2.24, 2.45) is 23.7 Å². The molecule has 1 aliphatic carbocycles. The van der Waals surface area contributed by atoms with E-state index in [1.165, 1.54) is 6.07 Å². The molecule has 1 unspecified atom stereocenters. The number of fused-ring (bicyclic) bond motifs is 1.